The van der Waals surface area contributed by atoms with Crippen LogP contribution in [0.5, 0.6) is 0 Å². The molecule has 1 nitrogen and oxygen atoms in total. The van der Waals surface area contributed by atoms with Crippen molar-refractivity contribution >= 4 is 0 Å². The van der Waals surface area contributed by atoms with Gasteiger partial charge in [-0.1, -0.05) is 12.1 Å². The van der Waals surface area contributed by atoms with Crippen LogP contribution >= 0.6 is 0 Å². The van der Waals surface area contributed by atoms with Crippen LogP contribution < -0.4 is 5.73 Å². The maximum Gasteiger partial charge on any atom is 0.416 e. The molecular weight excluding hydrogens is 248 g/mol. The monoisotopic (exact) mass is 257 g/mol. The van der Waals surface area contributed by atoms with Crippen LogP contribution in [-0.2, 0) is 6.18 Å². The first-order valence-corrected chi connectivity index (χ1v) is 4.59. The van der Waals surface area contributed by atoms with Gasteiger partial charge in [0.05, 0.1) is 12.0 Å². The van der Waals surface area contributed by atoms with Crippen LogP contribution in [0.25, 0.3) is 0 Å². The highest BCUT2D eigenvalue weighted by molar-refractivity contribution is 5.26. The summed E-state index contributed by atoms with van der Waals surface area (Å²) in [4.78, 5) is 0. The molecule has 0 aromatic heterocycles. The minimum atomic E-state index is -4.51. The minimum Gasteiger partial charge on any atom is -0.324 e. The first-order chi connectivity index (χ1) is 7.59. The Kier molecular flexibility index (Phi) is 3.71. The van der Waals surface area contributed by atoms with Crippen molar-refractivity contribution < 1.29 is 26.3 Å². The first kappa shape index (κ1) is 13.8. The molecule has 17 heavy (non-hydrogen) atoms. The SMILES string of the molecule is NC(CC(F)(F)F)c1ccc(C(F)(F)F)cc1. The Morgan fingerprint density at radius 3 is 1.76 bits per heavy atom. The molecule has 7 heteroatoms. The van der Waals surface area contributed by atoms with E-state index in [1.54, 1.807) is 0 Å². The Morgan fingerprint density at radius 2 is 1.41 bits per heavy atom. The molecule has 0 fully saturated rings. The van der Waals surface area contributed by atoms with E-state index in [2.05, 4.69) is 0 Å². The van der Waals surface area contributed by atoms with Crippen LogP contribution in [0.15, 0.2) is 24.3 Å². The van der Waals surface area contributed by atoms with E-state index in [0.29, 0.717) is 12.1 Å². The summed E-state index contributed by atoms with van der Waals surface area (Å²) in [7, 11) is 0. The highest BCUT2D eigenvalue weighted by Crippen LogP contribution is 2.31. The van der Waals surface area contributed by atoms with Crippen molar-refractivity contribution in [2.75, 3.05) is 0 Å². The van der Waals surface area contributed by atoms with E-state index in [1.807, 2.05) is 0 Å². The summed E-state index contributed by atoms with van der Waals surface area (Å²) in [6.07, 6.45) is -10.2. The number of rotatable bonds is 2. The molecule has 2 N–H and O–H groups in total. The van der Waals surface area contributed by atoms with Gasteiger partial charge in [-0.25, -0.2) is 0 Å². The lowest BCUT2D eigenvalue weighted by atomic mass is 10.0. The molecule has 96 valence electrons. The summed E-state index contributed by atoms with van der Waals surface area (Å²) in [6.45, 7) is 0. The number of nitrogens with two attached hydrogens (primary N) is 1. The number of hydrogen-bond acceptors (Lipinski definition) is 1. The van der Waals surface area contributed by atoms with Crippen molar-refractivity contribution in [3.8, 4) is 0 Å². The average molecular weight is 257 g/mol. The van der Waals surface area contributed by atoms with Gasteiger partial charge in [0.2, 0.25) is 0 Å². The van der Waals surface area contributed by atoms with Crippen LogP contribution in [0.4, 0.5) is 26.3 Å². The summed E-state index contributed by atoms with van der Waals surface area (Å²) in [6, 6.07) is 1.99. The highest BCUT2D eigenvalue weighted by atomic mass is 19.4. The van der Waals surface area contributed by atoms with Crippen LogP contribution in [-0.4, -0.2) is 6.18 Å². The normalized spacial score (nSPS) is 14.8. The zero-order valence-corrected chi connectivity index (χ0v) is 8.44. The van der Waals surface area contributed by atoms with Crippen molar-refractivity contribution in [2.24, 2.45) is 5.73 Å². The van der Waals surface area contributed by atoms with E-state index in [1.165, 1.54) is 0 Å². The molecule has 1 aromatic rings. The molecule has 1 aromatic carbocycles. The van der Waals surface area contributed by atoms with Gasteiger partial charge in [-0.3, -0.25) is 0 Å². The lowest BCUT2D eigenvalue weighted by molar-refractivity contribution is -0.139. The second-order valence-corrected chi connectivity index (χ2v) is 3.55. The summed E-state index contributed by atoms with van der Waals surface area (Å²) in [5.41, 5.74) is 4.35. The molecule has 1 rings (SSSR count). The Hall–Kier alpha value is -1.24. The lowest BCUT2D eigenvalue weighted by Gasteiger charge is -2.15. The van der Waals surface area contributed by atoms with Crippen LogP contribution in [0.1, 0.15) is 23.6 Å². The highest BCUT2D eigenvalue weighted by Gasteiger charge is 2.32. The van der Waals surface area contributed by atoms with Gasteiger partial charge < -0.3 is 5.73 Å². The standard InChI is InChI=1S/C10H9F6N/c11-9(12,13)5-8(17)6-1-3-7(4-2-6)10(14,15)16/h1-4,8H,5,17H2. The summed E-state index contributed by atoms with van der Waals surface area (Å²) < 4.78 is 72.5. The van der Waals surface area contributed by atoms with E-state index >= 15 is 0 Å². The van der Waals surface area contributed by atoms with Gasteiger partial charge in [0.15, 0.2) is 0 Å². The van der Waals surface area contributed by atoms with Gasteiger partial charge >= 0.3 is 12.4 Å². The molecule has 0 bridgehead atoms. The zero-order chi connectivity index (χ0) is 13.3. The van der Waals surface area contributed by atoms with Gasteiger partial charge in [0, 0.05) is 6.04 Å². The van der Waals surface area contributed by atoms with E-state index in [-0.39, 0.29) is 5.56 Å². The molecule has 0 aliphatic carbocycles. The molecule has 0 saturated heterocycles. The molecule has 1 atom stereocenters. The second kappa shape index (κ2) is 4.56. The van der Waals surface area contributed by atoms with Crippen molar-refractivity contribution in [2.45, 2.75) is 24.8 Å². The number of halogens is 6. The summed E-state index contributed by atoms with van der Waals surface area (Å²) >= 11 is 0. The number of alkyl halides is 6. The Morgan fingerprint density at radius 1 is 0.941 bits per heavy atom. The fourth-order valence-electron chi connectivity index (χ4n) is 1.29. The van der Waals surface area contributed by atoms with Gasteiger partial charge in [-0.15, -0.1) is 0 Å². The van der Waals surface area contributed by atoms with E-state index < -0.39 is 30.4 Å². The van der Waals surface area contributed by atoms with Gasteiger partial charge in [-0.05, 0) is 17.7 Å². The second-order valence-electron chi connectivity index (χ2n) is 3.55. The number of benzene rings is 1. The quantitative estimate of drug-likeness (QED) is 0.804. The largest absolute Gasteiger partial charge is 0.416 e. The third-order valence-electron chi connectivity index (χ3n) is 2.12. The maximum atomic E-state index is 12.2. The van der Waals surface area contributed by atoms with E-state index in [0.717, 1.165) is 12.1 Å². The molecule has 0 amide bonds. The molecule has 0 aliphatic heterocycles. The predicted molar refractivity (Wildman–Crippen MR) is 49.0 cm³/mol. The van der Waals surface area contributed by atoms with Crippen molar-refractivity contribution in [1.82, 2.24) is 0 Å². The summed E-state index contributed by atoms with van der Waals surface area (Å²) in [5, 5.41) is 0. The van der Waals surface area contributed by atoms with Crippen molar-refractivity contribution in [3.63, 3.8) is 0 Å². The van der Waals surface area contributed by atoms with E-state index in [9.17, 15) is 26.3 Å². The molecule has 0 radical (unpaired) electrons. The fraction of sp³-hybridized carbons (Fsp3) is 0.400. The minimum absolute atomic E-state index is 0.0234. The molecular formula is C10H9F6N. The van der Waals surface area contributed by atoms with E-state index in [4.69, 9.17) is 5.73 Å². The van der Waals surface area contributed by atoms with Crippen LogP contribution in [0.2, 0.25) is 0 Å². The van der Waals surface area contributed by atoms with Gasteiger partial charge in [-0.2, -0.15) is 26.3 Å². The van der Waals surface area contributed by atoms with Crippen LogP contribution in [0.3, 0.4) is 0 Å². The molecule has 0 heterocycles. The van der Waals surface area contributed by atoms with Gasteiger partial charge in [0.1, 0.15) is 0 Å². The van der Waals surface area contributed by atoms with Crippen LogP contribution in [0, 0.1) is 0 Å². The van der Waals surface area contributed by atoms with Crippen molar-refractivity contribution in [3.05, 3.63) is 35.4 Å². The maximum absolute atomic E-state index is 12.2. The number of hydrogen-bond donors (Lipinski definition) is 1. The smallest absolute Gasteiger partial charge is 0.324 e. The first-order valence-electron chi connectivity index (χ1n) is 4.59. The Balaban J connectivity index is 2.81. The Bertz CT molecular complexity index is 364. The lowest BCUT2D eigenvalue weighted by Crippen LogP contribution is -2.20. The third kappa shape index (κ3) is 4.26. The fourth-order valence-corrected chi connectivity index (χ4v) is 1.29. The molecule has 0 aliphatic rings. The summed E-state index contributed by atoms with van der Waals surface area (Å²) in [5.74, 6) is 0. The third-order valence-corrected chi connectivity index (χ3v) is 2.12. The van der Waals surface area contributed by atoms with Crippen molar-refractivity contribution in [1.29, 1.82) is 0 Å². The molecule has 0 spiro atoms. The molecule has 1 unspecified atom stereocenters. The topological polar surface area (TPSA) is 26.0 Å². The molecule has 0 saturated carbocycles. The zero-order valence-electron chi connectivity index (χ0n) is 8.44. The van der Waals surface area contributed by atoms with Gasteiger partial charge in [0.25, 0.3) is 0 Å². The Labute approximate surface area is 93.2 Å². The average Bonchev–Trinajstić information content (AvgIpc) is 2.14. The predicted octanol–water partition coefficient (Wildman–Crippen LogP) is 3.66.